The topological polar surface area (TPSA) is 84.2 Å². The molecule has 0 saturated carbocycles. The Hall–Kier alpha value is -3.48. The van der Waals surface area contributed by atoms with Crippen molar-refractivity contribution in [2.75, 3.05) is 26.9 Å². The number of esters is 1. The van der Waals surface area contributed by atoms with Gasteiger partial charge in [0.05, 0.1) is 18.1 Å². The van der Waals surface area contributed by atoms with E-state index in [2.05, 4.69) is 4.74 Å². The number of carbonyl (C=O) groups excluding carboxylic acids is 1. The van der Waals surface area contributed by atoms with Gasteiger partial charge in [-0.2, -0.15) is 0 Å². The van der Waals surface area contributed by atoms with Gasteiger partial charge < -0.3 is 23.4 Å². The number of fused-ring (bicyclic) bond motifs is 2. The molecule has 0 N–H and O–H groups in total. The predicted molar refractivity (Wildman–Crippen MR) is 110 cm³/mol. The Morgan fingerprint density at radius 3 is 2.67 bits per heavy atom. The Morgan fingerprint density at radius 1 is 1.10 bits per heavy atom. The van der Waals surface area contributed by atoms with Crippen LogP contribution < -0.4 is 19.6 Å². The van der Waals surface area contributed by atoms with Crippen LogP contribution in [0.3, 0.4) is 0 Å². The highest BCUT2D eigenvalue weighted by molar-refractivity contribution is 5.84. The monoisotopic (exact) mass is 410 g/mol. The molecule has 7 heteroatoms. The van der Waals surface area contributed by atoms with Gasteiger partial charge in [0.15, 0.2) is 18.1 Å². The van der Waals surface area contributed by atoms with Crippen LogP contribution >= 0.6 is 0 Å². The summed E-state index contributed by atoms with van der Waals surface area (Å²) in [5.74, 6) is 1.29. The molecule has 0 bridgehead atoms. The molecule has 1 aromatic heterocycles. The highest BCUT2D eigenvalue weighted by Crippen LogP contribution is 2.34. The molecule has 2 heterocycles. The fourth-order valence-electron chi connectivity index (χ4n) is 3.41. The van der Waals surface area contributed by atoms with E-state index >= 15 is 0 Å². The lowest BCUT2D eigenvalue weighted by Crippen LogP contribution is -2.15. The first kappa shape index (κ1) is 19.8. The van der Waals surface area contributed by atoms with E-state index in [1.807, 2.05) is 13.0 Å². The highest BCUT2D eigenvalue weighted by Gasteiger charge is 2.17. The van der Waals surface area contributed by atoms with Crippen LogP contribution in [0.2, 0.25) is 0 Å². The second-order valence-corrected chi connectivity index (χ2v) is 6.91. The molecular weight excluding hydrogens is 388 g/mol. The lowest BCUT2D eigenvalue weighted by molar-refractivity contribution is -0.142. The zero-order valence-corrected chi connectivity index (χ0v) is 16.9. The van der Waals surface area contributed by atoms with Crippen molar-refractivity contribution in [3.63, 3.8) is 0 Å². The van der Waals surface area contributed by atoms with Crippen LogP contribution in [0, 0.1) is 0 Å². The van der Waals surface area contributed by atoms with E-state index in [-0.39, 0.29) is 12.0 Å². The molecule has 0 spiro atoms. The van der Waals surface area contributed by atoms with Gasteiger partial charge in [-0.25, -0.2) is 4.79 Å². The van der Waals surface area contributed by atoms with Gasteiger partial charge >= 0.3 is 5.97 Å². The van der Waals surface area contributed by atoms with E-state index in [9.17, 15) is 9.59 Å². The van der Waals surface area contributed by atoms with E-state index in [1.165, 1.54) is 13.4 Å². The predicted octanol–water partition coefficient (Wildman–Crippen LogP) is 3.74. The SMILES string of the molecule is CCCc1cc2c(=O)c(-c3ccc4c(c3)OCCO4)coc2cc1OCC(=O)OC. The van der Waals surface area contributed by atoms with Gasteiger partial charge in [-0.15, -0.1) is 0 Å². The lowest BCUT2D eigenvalue weighted by atomic mass is 10.0. The first-order chi connectivity index (χ1) is 14.6. The van der Waals surface area contributed by atoms with Crippen molar-refractivity contribution >= 4 is 16.9 Å². The molecule has 156 valence electrons. The van der Waals surface area contributed by atoms with E-state index in [0.29, 0.717) is 59.0 Å². The number of methoxy groups -OCH3 is 1. The minimum Gasteiger partial charge on any atom is -0.486 e. The minimum atomic E-state index is -0.479. The maximum atomic E-state index is 13.2. The maximum absolute atomic E-state index is 13.2. The summed E-state index contributed by atoms with van der Waals surface area (Å²) in [6.45, 7) is 2.79. The summed E-state index contributed by atoms with van der Waals surface area (Å²) in [7, 11) is 1.30. The lowest BCUT2D eigenvalue weighted by Gasteiger charge is -2.18. The van der Waals surface area contributed by atoms with Crippen LogP contribution in [0.5, 0.6) is 17.2 Å². The van der Waals surface area contributed by atoms with Gasteiger partial charge in [0.25, 0.3) is 0 Å². The molecular formula is C23H22O7. The summed E-state index contributed by atoms with van der Waals surface area (Å²) < 4.78 is 27.2. The number of carbonyl (C=O) groups is 1. The summed E-state index contributed by atoms with van der Waals surface area (Å²) in [5.41, 5.74) is 2.20. The average Bonchev–Trinajstić information content (AvgIpc) is 2.78. The van der Waals surface area contributed by atoms with Crippen molar-refractivity contribution in [3.8, 4) is 28.4 Å². The first-order valence-corrected chi connectivity index (χ1v) is 9.78. The minimum absolute atomic E-state index is 0.148. The van der Waals surface area contributed by atoms with Gasteiger partial charge in [-0.3, -0.25) is 4.79 Å². The highest BCUT2D eigenvalue weighted by atomic mass is 16.6. The van der Waals surface area contributed by atoms with Gasteiger partial charge in [0, 0.05) is 6.07 Å². The Kier molecular flexibility index (Phi) is 5.61. The van der Waals surface area contributed by atoms with E-state index < -0.39 is 5.97 Å². The molecule has 7 nitrogen and oxygen atoms in total. The van der Waals surface area contributed by atoms with E-state index in [1.54, 1.807) is 24.3 Å². The zero-order valence-electron chi connectivity index (χ0n) is 16.9. The quantitative estimate of drug-likeness (QED) is 0.573. The maximum Gasteiger partial charge on any atom is 0.343 e. The molecule has 1 aliphatic heterocycles. The van der Waals surface area contributed by atoms with E-state index in [4.69, 9.17) is 18.6 Å². The van der Waals surface area contributed by atoms with E-state index in [0.717, 1.165) is 12.0 Å². The molecule has 0 aliphatic carbocycles. The number of hydrogen-bond acceptors (Lipinski definition) is 7. The molecule has 0 amide bonds. The van der Waals surface area contributed by atoms with Crippen LogP contribution in [0.4, 0.5) is 0 Å². The molecule has 3 aromatic rings. The molecule has 0 saturated heterocycles. The number of aryl methyl sites for hydroxylation is 1. The number of hydrogen-bond donors (Lipinski definition) is 0. The number of rotatable bonds is 6. The van der Waals surface area contributed by atoms with Crippen LogP contribution in [0.15, 0.2) is 45.8 Å². The van der Waals surface area contributed by atoms with Crippen molar-refractivity contribution in [1.29, 1.82) is 0 Å². The third-order valence-corrected chi connectivity index (χ3v) is 4.90. The van der Waals surface area contributed by atoms with Gasteiger partial charge in [-0.1, -0.05) is 19.4 Å². The van der Waals surface area contributed by atoms with Gasteiger partial charge in [0.1, 0.15) is 30.8 Å². The number of ether oxygens (including phenoxy) is 4. The average molecular weight is 410 g/mol. The van der Waals surface area contributed by atoms with Crippen LogP contribution in [0.1, 0.15) is 18.9 Å². The molecule has 0 unspecified atom stereocenters. The van der Waals surface area contributed by atoms with Gasteiger partial charge in [0.2, 0.25) is 5.43 Å². The molecule has 0 fully saturated rings. The third kappa shape index (κ3) is 3.83. The molecule has 0 radical (unpaired) electrons. The Labute approximate surface area is 173 Å². The van der Waals surface area contributed by atoms with Crippen molar-refractivity contribution in [1.82, 2.24) is 0 Å². The fourth-order valence-corrected chi connectivity index (χ4v) is 3.41. The number of benzene rings is 2. The second kappa shape index (κ2) is 8.49. The molecule has 4 rings (SSSR count). The molecule has 0 atom stereocenters. The van der Waals surface area contributed by atoms with Crippen molar-refractivity contribution in [2.24, 2.45) is 0 Å². The Bertz CT molecular complexity index is 1150. The summed E-state index contributed by atoms with van der Waals surface area (Å²) in [6.07, 6.45) is 2.98. The standard InChI is InChI=1S/C23H22O7/c1-3-4-15-9-16-20(11-19(15)30-13-22(24)26-2)29-12-17(23(16)25)14-5-6-18-21(10-14)28-8-7-27-18/h5-6,9-12H,3-4,7-8,13H2,1-2H3. The normalized spacial score (nSPS) is 12.6. The van der Waals surface area contributed by atoms with Gasteiger partial charge in [-0.05, 0) is 35.7 Å². The molecule has 30 heavy (non-hydrogen) atoms. The third-order valence-electron chi connectivity index (χ3n) is 4.90. The van der Waals surface area contributed by atoms with Crippen molar-refractivity contribution in [2.45, 2.75) is 19.8 Å². The summed E-state index contributed by atoms with van der Waals surface area (Å²) in [6, 6.07) is 8.82. The summed E-state index contributed by atoms with van der Waals surface area (Å²) >= 11 is 0. The summed E-state index contributed by atoms with van der Waals surface area (Å²) in [4.78, 5) is 24.7. The second-order valence-electron chi connectivity index (χ2n) is 6.91. The van der Waals surface area contributed by atoms with Crippen LogP contribution in [0.25, 0.3) is 22.1 Å². The Morgan fingerprint density at radius 2 is 1.90 bits per heavy atom. The Balaban J connectivity index is 1.76. The fraction of sp³-hybridized carbons (Fsp3) is 0.304. The van der Waals surface area contributed by atoms with Crippen molar-refractivity contribution in [3.05, 3.63) is 52.4 Å². The molecule has 1 aliphatic rings. The summed E-state index contributed by atoms with van der Waals surface area (Å²) in [5, 5.41) is 0.455. The smallest absolute Gasteiger partial charge is 0.343 e. The van der Waals surface area contributed by atoms with Crippen LogP contribution in [-0.2, 0) is 16.0 Å². The molecule has 2 aromatic carbocycles. The first-order valence-electron chi connectivity index (χ1n) is 9.78. The van der Waals surface area contributed by atoms with Crippen LogP contribution in [-0.4, -0.2) is 32.9 Å². The largest absolute Gasteiger partial charge is 0.486 e. The van der Waals surface area contributed by atoms with Crippen molar-refractivity contribution < 1.29 is 28.2 Å². The zero-order chi connectivity index (χ0) is 21.1.